The van der Waals surface area contributed by atoms with Gasteiger partial charge >= 0.3 is 0 Å². The number of nitrogens with one attached hydrogen (secondary N) is 1. The first kappa shape index (κ1) is 27.3. The molecule has 1 aromatic heterocycles. The van der Waals surface area contributed by atoms with Gasteiger partial charge in [0.1, 0.15) is 23.9 Å². The molecule has 2 aromatic carbocycles. The number of nitrogens with zero attached hydrogens (tertiary/aromatic N) is 2. The van der Waals surface area contributed by atoms with E-state index < -0.39 is 0 Å². The van der Waals surface area contributed by atoms with Crippen molar-refractivity contribution in [2.24, 2.45) is 0 Å². The Labute approximate surface area is 233 Å². The van der Waals surface area contributed by atoms with Crippen molar-refractivity contribution in [1.29, 1.82) is 0 Å². The Bertz CT molecular complexity index is 1210. The van der Waals surface area contributed by atoms with Gasteiger partial charge in [-0.25, -0.2) is 0 Å². The predicted molar refractivity (Wildman–Crippen MR) is 157 cm³/mol. The van der Waals surface area contributed by atoms with E-state index in [1.807, 2.05) is 18.3 Å². The molecule has 3 aromatic rings. The van der Waals surface area contributed by atoms with E-state index in [-0.39, 0.29) is 6.04 Å². The minimum Gasteiger partial charge on any atom is -0.508 e. The summed E-state index contributed by atoms with van der Waals surface area (Å²) < 4.78 is 11.6. The fraction of sp³-hybridized carbons (Fsp3) is 0.485. The summed E-state index contributed by atoms with van der Waals surface area (Å²) in [5, 5.41) is 13.6. The van der Waals surface area contributed by atoms with Gasteiger partial charge in [-0.05, 0) is 105 Å². The number of methoxy groups -OCH3 is 1. The normalized spacial score (nSPS) is 18.6. The summed E-state index contributed by atoms with van der Waals surface area (Å²) in [5.74, 6) is 2.48. The first-order valence-electron chi connectivity index (χ1n) is 14.6. The highest BCUT2D eigenvalue weighted by atomic mass is 16.5. The summed E-state index contributed by atoms with van der Waals surface area (Å²) in [5.41, 5.74) is 6.09. The largest absolute Gasteiger partial charge is 0.508 e. The summed E-state index contributed by atoms with van der Waals surface area (Å²) in [6.07, 6.45) is 11.0. The molecule has 0 spiro atoms. The first-order chi connectivity index (χ1) is 19.1. The molecule has 2 heterocycles. The number of rotatable bonds is 10. The van der Waals surface area contributed by atoms with Crippen LogP contribution in [-0.4, -0.2) is 54.4 Å². The number of phenolic OH excluding ortho intramolecular Hbond substituents is 1. The van der Waals surface area contributed by atoms with Gasteiger partial charge < -0.3 is 19.9 Å². The number of pyridine rings is 1. The van der Waals surface area contributed by atoms with Crippen LogP contribution in [0, 0.1) is 0 Å². The van der Waals surface area contributed by atoms with E-state index in [4.69, 9.17) is 14.5 Å². The zero-order valence-corrected chi connectivity index (χ0v) is 23.5. The fourth-order valence-corrected chi connectivity index (χ4v) is 6.05. The third kappa shape index (κ3) is 7.45. The Balaban J connectivity index is 1.18. The second kappa shape index (κ2) is 13.2. The second-order valence-electron chi connectivity index (χ2n) is 11.2. The maximum atomic E-state index is 9.87. The molecule has 2 N–H and O–H groups in total. The number of benzene rings is 2. The molecular formula is C33H43N3O3. The van der Waals surface area contributed by atoms with Crippen molar-refractivity contribution in [3.8, 4) is 17.2 Å². The topological polar surface area (TPSA) is 66.8 Å². The van der Waals surface area contributed by atoms with Crippen LogP contribution in [0.4, 0.5) is 5.69 Å². The Morgan fingerprint density at radius 1 is 1.00 bits per heavy atom. The van der Waals surface area contributed by atoms with E-state index >= 15 is 0 Å². The lowest BCUT2D eigenvalue weighted by Gasteiger charge is -2.28. The molecule has 208 valence electrons. The van der Waals surface area contributed by atoms with Crippen molar-refractivity contribution in [1.82, 2.24) is 9.88 Å². The van der Waals surface area contributed by atoms with Gasteiger partial charge in [0.15, 0.2) is 0 Å². The molecule has 2 unspecified atom stereocenters. The van der Waals surface area contributed by atoms with Gasteiger partial charge in [-0.15, -0.1) is 0 Å². The standard InChI is InChI=1S/C33H43N3O3/c1-24(19-28-10-12-31(23-34-28)39-18-17-36-15-5-3-4-6-16-36)35-33-22-30(38-2)13-14-32(33)27-8-7-26-21-29(37)11-9-25(26)20-27/h9-14,21-24,27,35,37H,3-8,15-20H2,1-2H3. The van der Waals surface area contributed by atoms with E-state index in [0.29, 0.717) is 18.3 Å². The number of ether oxygens (including phenoxy) is 2. The highest BCUT2D eigenvalue weighted by Crippen LogP contribution is 2.38. The van der Waals surface area contributed by atoms with E-state index in [1.54, 1.807) is 13.2 Å². The monoisotopic (exact) mass is 529 g/mol. The van der Waals surface area contributed by atoms with Gasteiger partial charge in [-0.3, -0.25) is 9.88 Å². The zero-order valence-electron chi connectivity index (χ0n) is 23.5. The van der Waals surface area contributed by atoms with Crippen molar-refractivity contribution in [3.63, 3.8) is 0 Å². The van der Waals surface area contributed by atoms with E-state index in [0.717, 1.165) is 55.1 Å². The number of hydrogen-bond acceptors (Lipinski definition) is 6. The Hall–Kier alpha value is -3.25. The van der Waals surface area contributed by atoms with Crippen molar-refractivity contribution in [3.05, 3.63) is 77.1 Å². The Morgan fingerprint density at radius 2 is 1.82 bits per heavy atom. The molecule has 6 heteroatoms. The highest BCUT2D eigenvalue weighted by molar-refractivity contribution is 5.58. The van der Waals surface area contributed by atoms with Crippen LogP contribution in [-0.2, 0) is 19.3 Å². The molecule has 1 aliphatic heterocycles. The zero-order chi connectivity index (χ0) is 27.0. The molecule has 0 saturated carbocycles. The highest BCUT2D eigenvalue weighted by Gasteiger charge is 2.23. The minimum atomic E-state index is 0.200. The SMILES string of the molecule is COc1ccc(C2CCc3cc(O)ccc3C2)c(NC(C)Cc2ccc(OCCN3CCCCCC3)cn2)c1. The molecule has 2 aliphatic rings. The van der Waals surface area contributed by atoms with Crippen molar-refractivity contribution in [2.75, 3.05) is 38.7 Å². The molecule has 6 nitrogen and oxygen atoms in total. The number of anilines is 1. The predicted octanol–water partition coefficient (Wildman–Crippen LogP) is 6.37. The molecule has 5 rings (SSSR count). The minimum absolute atomic E-state index is 0.200. The third-order valence-electron chi connectivity index (χ3n) is 8.21. The number of aryl methyl sites for hydroxylation is 1. The van der Waals surface area contributed by atoms with E-state index in [2.05, 4.69) is 47.5 Å². The van der Waals surface area contributed by atoms with Gasteiger partial charge in [0.05, 0.1) is 13.3 Å². The van der Waals surface area contributed by atoms with Crippen LogP contribution >= 0.6 is 0 Å². The van der Waals surface area contributed by atoms with Crippen LogP contribution in [0.2, 0.25) is 0 Å². The summed E-state index contributed by atoms with van der Waals surface area (Å²) in [4.78, 5) is 7.21. The molecule has 1 fully saturated rings. The maximum absolute atomic E-state index is 9.87. The van der Waals surface area contributed by atoms with Crippen molar-refractivity contribution in [2.45, 2.75) is 70.3 Å². The summed E-state index contributed by atoms with van der Waals surface area (Å²) in [6, 6.07) is 16.5. The number of hydrogen-bond donors (Lipinski definition) is 2. The van der Waals surface area contributed by atoms with Crippen molar-refractivity contribution < 1.29 is 14.6 Å². The van der Waals surface area contributed by atoms with Crippen molar-refractivity contribution >= 4 is 5.69 Å². The average Bonchev–Trinajstić information content (AvgIpc) is 3.22. The van der Waals surface area contributed by atoms with Gasteiger partial charge in [0.25, 0.3) is 0 Å². The van der Waals surface area contributed by atoms with Crippen LogP contribution in [0.15, 0.2) is 54.7 Å². The molecule has 0 radical (unpaired) electrons. The molecule has 1 aliphatic carbocycles. The van der Waals surface area contributed by atoms with Crippen LogP contribution in [0.25, 0.3) is 0 Å². The van der Waals surface area contributed by atoms with Gasteiger partial charge in [-0.1, -0.05) is 25.0 Å². The molecule has 1 saturated heterocycles. The van der Waals surface area contributed by atoms with E-state index in [1.165, 1.54) is 55.5 Å². The number of likely N-dealkylation sites (tertiary alicyclic amines) is 1. The fourth-order valence-electron chi connectivity index (χ4n) is 6.05. The van der Waals surface area contributed by atoms with Gasteiger partial charge in [-0.2, -0.15) is 0 Å². The molecule has 2 atom stereocenters. The number of fused-ring (bicyclic) bond motifs is 1. The number of aromatic nitrogens is 1. The maximum Gasteiger partial charge on any atom is 0.137 e. The number of aromatic hydroxyl groups is 1. The molecule has 0 amide bonds. The van der Waals surface area contributed by atoms with Gasteiger partial charge in [0, 0.05) is 36.5 Å². The smallest absolute Gasteiger partial charge is 0.137 e. The lowest BCUT2D eigenvalue weighted by Crippen LogP contribution is -2.29. The third-order valence-corrected chi connectivity index (χ3v) is 8.21. The quantitative estimate of drug-likeness (QED) is 0.318. The van der Waals surface area contributed by atoms with Crippen LogP contribution < -0.4 is 14.8 Å². The molecule has 0 bridgehead atoms. The van der Waals surface area contributed by atoms with Crippen LogP contribution in [0.1, 0.15) is 67.3 Å². The summed E-state index contributed by atoms with van der Waals surface area (Å²) >= 11 is 0. The Morgan fingerprint density at radius 3 is 2.59 bits per heavy atom. The van der Waals surface area contributed by atoms with Crippen LogP contribution in [0.3, 0.4) is 0 Å². The summed E-state index contributed by atoms with van der Waals surface area (Å²) in [7, 11) is 1.72. The van der Waals surface area contributed by atoms with Gasteiger partial charge in [0.2, 0.25) is 0 Å². The Kier molecular flexibility index (Phi) is 9.25. The first-order valence-corrected chi connectivity index (χ1v) is 14.6. The lowest BCUT2D eigenvalue weighted by atomic mass is 9.79. The number of phenols is 1. The molecular weight excluding hydrogens is 486 g/mol. The van der Waals surface area contributed by atoms with E-state index in [9.17, 15) is 5.11 Å². The average molecular weight is 530 g/mol. The molecule has 39 heavy (non-hydrogen) atoms. The summed E-state index contributed by atoms with van der Waals surface area (Å²) in [6.45, 7) is 6.29. The lowest BCUT2D eigenvalue weighted by molar-refractivity contribution is 0.213. The second-order valence-corrected chi connectivity index (χ2v) is 11.2. The van der Waals surface area contributed by atoms with Crippen LogP contribution in [0.5, 0.6) is 17.2 Å².